The summed E-state index contributed by atoms with van der Waals surface area (Å²) in [6.45, 7) is 2.82. The lowest BCUT2D eigenvalue weighted by Crippen LogP contribution is -2.55. The van der Waals surface area contributed by atoms with Gasteiger partial charge < -0.3 is 24.8 Å². The SMILES string of the molecule is C[C@]1(C(=O)O)CCCN1C(=O)[C@@H]1OCC[C@@H]1CNC(=O)OCC1c2ccccc2-c2ccccc21. The summed E-state index contributed by atoms with van der Waals surface area (Å²) in [5.41, 5.74) is 3.40. The molecular weight excluding hydrogens is 448 g/mol. The van der Waals surface area contributed by atoms with E-state index in [0.29, 0.717) is 32.4 Å². The Balaban J connectivity index is 1.18. The van der Waals surface area contributed by atoms with Crippen LogP contribution in [0.5, 0.6) is 0 Å². The Morgan fingerprint density at radius 1 is 1.11 bits per heavy atom. The first kappa shape index (κ1) is 23.4. The number of carbonyl (C=O) groups is 3. The average Bonchev–Trinajstić information content (AvgIpc) is 3.57. The summed E-state index contributed by atoms with van der Waals surface area (Å²) >= 11 is 0. The van der Waals surface area contributed by atoms with Crippen molar-refractivity contribution in [1.82, 2.24) is 10.2 Å². The molecule has 5 rings (SSSR count). The van der Waals surface area contributed by atoms with Gasteiger partial charge in [-0.2, -0.15) is 0 Å². The van der Waals surface area contributed by atoms with Gasteiger partial charge in [-0.3, -0.25) is 4.79 Å². The third-order valence-corrected chi connectivity index (χ3v) is 7.68. The number of ether oxygens (including phenoxy) is 2. The maximum atomic E-state index is 13.1. The van der Waals surface area contributed by atoms with E-state index in [2.05, 4.69) is 29.6 Å². The Labute approximate surface area is 204 Å². The van der Waals surface area contributed by atoms with Gasteiger partial charge in [0.2, 0.25) is 0 Å². The summed E-state index contributed by atoms with van der Waals surface area (Å²) in [7, 11) is 0. The van der Waals surface area contributed by atoms with Crippen molar-refractivity contribution in [2.75, 3.05) is 26.3 Å². The molecule has 2 aliphatic heterocycles. The molecule has 0 unspecified atom stereocenters. The molecule has 2 fully saturated rings. The third-order valence-electron chi connectivity index (χ3n) is 7.68. The number of fused-ring (bicyclic) bond motifs is 3. The number of hydrogen-bond donors (Lipinski definition) is 2. The van der Waals surface area contributed by atoms with Crippen LogP contribution >= 0.6 is 0 Å². The van der Waals surface area contributed by atoms with E-state index >= 15 is 0 Å². The van der Waals surface area contributed by atoms with Gasteiger partial charge in [0.25, 0.3) is 5.91 Å². The molecule has 35 heavy (non-hydrogen) atoms. The average molecular weight is 479 g/mol. The minimum atomic E-state index is -1.21. The molecule has 3 aliphatic rings. The van der Waals surface area contributed by atoms with Crippen molar-refractivity contribution in [3.05, 3.63) is 59.7 Å². The zero-order chi connectivity index (χ0) is 24.6. The molecule has 184 valence electrons. The lowest BCUT2D eigenvalue weighted by atomic mass is 9.96. The topological polar surface area (TPSA) is 105 Å². The Hall–Kier alpha value is -3.39. The van der Waals surface area contributed by atoms with Crippen LogP contribution in [-0.4, -0.2) is 65.9 Å². The molecule has 0 spiro atoms. The van der Waals surface area contributed by atoms with Gasteiger partial charge in [-0.1, -0.05) is 48.5 Å². The van der Waals surface area contributed by atoms with Gasteiger partial charge in [0.05, 0.1) is 0 Å². The van der Waals surface area contributed by atoms with E-state index in [9.17, 15) is 19.5 Å². The summed E-state index contributed by atoms with van der Waals surface area (Å²) in [5, 5.41) is 12.4. The molecule has 2 saturated heterocycles. The van der Waals surface area contributed by atoms with Crippen LogP contribution in [0.2, 0.25) is 0 Å². The lowest BCUT2D eigenvalue weighted by molar-refractivity contribution is -0.160. The maximum Gasteiger partial charge on any atom is 0.407 e. The van der Waals surface area contributed by atoms with Crippen molar-refractivity contribution >= 4 is 18.0 Å². The molecular formula is C27H30N2O6. The van der Waals surface area contributed by atoms with Gasteiger partial charge in [-0.25, -0.2) is 9.59 Å². The number of nitrogens with zero attached hydrogens (tertiary/aromatic N) is 1. The lowest BCUT2D eigenvalue weighted by Gasteiger charge is -2.34. The number of aliphatic carboxylic acids is 1. The molecule has 2 amide bonds. The van der Waals surface area contributed by atoms with E-state index in [0.717, 1.165) is 22.3 Å². The van der Waals surface area contributed by atoms with Crippen LogP contribution < -0.4 is 5.32 Å². The van der Waals surface area contributed by atoms with Crippen molar-refractivity contribution in [1.29, 1.82) is 0 Å². The zero-order valence-electron chi connectivity index (χ0n) is 19.7. The fourth-order valence-corrected chi connectivity index (χ4v) is 5.67. The number of rotatable bonds is 6. The number of hydrogen-bond acceptors (Lipinski definition) is 5. The third kappa shape index (κ3) is 4.16. The summed E-state index contributed by atoms with van der Waals surface area (Å²) < 4.78 is 11.3. The van der Waals surface area contributed by atoms with Gasteiger partial charge in [0.15, 0.2) is 0 Å². The van der Waals surface area contributed by atoms with Crippen molar-refractivity contribution in [3.8, 4) is 11.1 Å². The molecule has 8 nitrogen and oxygen atoms in total. The molecule has 2 aromatic carbocycles. The fraction of sp³-hybridized carbons (Fsp3) is 0.444. The largest absolute Gasteiger partial charge is 0.480 e. The van der Waals surface area contributed by atoms with Crippen molar-refractivity contribution in [3.63, 3.8) is 0 Å². The van der Waals surface area contributed by atoms with Crippen molar-refractivity contribution in [2.24, 2.45) is 5.92 Å². The summed E-state index contributed by atoms with van der Waals surface area (Å²) in [6, 6.07) is 16.3. The number of alkyl carbamates (subject to hydrolysis) is 1. The van der Waals surface area contributed by atoms with Gasteiger partial charge in [0, 0.05) is 31.5 Å². The molecule has 0 radical (unpaired) electrons. The molecule has 0 saturated carbocycles. The van der Waals surface area contributed by atoms with E-state index in [1.54, 1.807) is 6.92 Å². The second-order valence-corrected chi connectivity index (χ2v) is 9.72. The highest BCUT2D eigenvalue weighted by Crippen LogP contribution is 2.44. The molecule has 0 bridgehead atoms. The first-order valence-corrected chi connectivity index (χ1v) is 12.2. The standard InChI is InChI=1S/C27H30N2O6/c1-27(25(31)32)12-6-13-29(27)24(30)23-17(11-14-34-23)15-28-26(33)35-16-22-20-9-4-2-7-18(20)19-8-3-5-10-21(19)22/h2-5,7-10,17,22-23H,6,11-16H2,1H3,(H,28,33)(H,31,32)/t17-,23-,27-/m1/s1. The van der Waals surface area contributed by atoms with Gasteiger partial charge in [0.1, 0.15) is 18.2 Å². The van der Waals surface area contributed by atoms with Crippen LogP contribution in [0.15, 0.2) is 48.5 Å². The number of likely N-dealkylation sites (tertiary alicyclic amines) is 1. The van der Waals surface area contributed by atoms with Crippen LogP contribution in [-0.2, 0) is 19.1 Å². The molecule has 8 heteroatoms. The number of amides is 2. The highest BCUT2D eigenvalue weighted by atomic mass is 16.5. The Morgan fingerprint density at radius 2 is 1.77 bits per heavy atom. The molecule has 1 aliphatic carbocycles. The Kier molecular flexibility index (Phi) is 6.23. The predicted molar refractivity (Wildman–Crippen MR) is 128 cm³/mol. The molecule has 0 aromatic heterocycles. The quantitative estimate of drug-likeness (QED) is 0.659. The minimum Gasteiger partial charge on any atom is -0.480 e. The summed E-state index contributed by atoms with van der Waals surface area (Å²) in [5.74, 6) is -1.58. The summed E-state index contributed by atoms with van der Waals surface area (Å²) in [4.78, 5) is 38.9. The number of nitrogens with one attached hydrogen (secondary N) is 1. The predicted octanol–water partition coefficient (Wildman–Crippen LogP) is 3.40. The number of benzene rings is 2. The monoisotopic (exact) mass is 478 g/mol. The van der Waals surface area contributed by atoms with E-state index in [4.69, 9.17) is 9.47 Å². The molecule has 2 N–H and O–H groups in total. The van der Waals surface area contributed by atoms with E-state index < -0.39 is 23.7 Å². The highest BCUT2D eigenvalue weighted by molar-refractivity contribution is 5.90. The molecule has 3 atom stereocenters. The zero-order valence-corrected chi connectivity index (χ0v) is 19.7. The van der Waals surface area contributed by atoms with E-state index in [-0.39, 0.29) is 30.9 Å². The Morgan fingerprint density at radius 3 is 2.43 bits per heavy atom. The van der Waals surface area contributed by atoms with Gasteiger partial charge in [-0.05, 0) is 48.4 Å². The van der Waals surface area contributed by atoms with Gasteiger partial charge in [-0.15, -0.1) is 0 Å². The van der Waals surface area contributed by atoms with Crippen LogP contribution in [0.3, 0.4) is 0 Å². The molecule has 2 aromatic rings. The fourth-order valence-electron chi connectivity index (χ4n) is 5.67. The van der Waals surface area contributed by atoms with Crippen LogP contribution in [0.4, 0.5) is 4.79 Å². The van der Waals surface area contributed by atoms with Crippen LogP contribution in [0.1, 0.15) is 43.2 Å². The maximum absolute atomic E-state index is 13.1. The highest BCUT2D eigenvalue weighted by Gasteiger charge is 2.49. The van der Waals surface area contributed by atoms with Crippen molar-refractivity contribution in [2.45, 2.75) is 43.7 Å². The normalized spacial score (nSPS) is 25.2. The first-order chi connectivity index (χ1) is 16.9. The number of carbonyl (C=O) groups excluding carboxylic acids is 2. The van der Waals surface area contributed by atoms with Gasteiger partial charge >= 0.3 is 12.1 Å². The molecule has 2 heterocycles. The smallest absolute Gasteiger partial charge is 0.407 e. The minimum absolute atomic E-state index is 0.0267. The van der Waals surface area contributed by atoms with Crippen LogP contribution in [0.25, 0.3) is 11.1 Å². The summed E-state index contributed by atoms with van der Waals surface area (Å²) in [6.07, 6.45) is 0.368. The Bertz CT molecular complexity index is 1100. The second-order valence-electron chi connectivity index (χ2n) is 9.72. The van der Waals surface area contributed by atoms with Crippen molar-refractivity contribution < 1.29 is 29.0 Å². The van der Waals surface area contributed by atoms with E-state index in [1.165, 1.54) is 4.90 Å². The van der Waals surface area contributed by atoms with E-state index in [1.807, 2.05) is 24.3 Å². The van der Waals surface area contributed by atoms with Crippen LogP contribution in [0, 0.1) is 5.92 Å². The number of carboxylic acids is 1. The first-order valence-electron chi connectivity index (χ1n) is 12.2. The number of carboxylic acid groups (broad SMARTS) is 1. The second kappa shape index (κ2) is 9.34.